The third-order valence-electron chi connectivity index (χ3n) is 13.6. The summed E-state index contributed by atoms with van der Waals surface area (Å²) in [5, 5.41) is 36.3. The van der Waals surface area contributed by atoms with Crippen LogP contribution in [0.2, 0.25) is 0 Å². The summed E-state index contributed by atoms with van der Waals surface area (Å²) in [5.74, 6) is 1.35. The van der Waals surface area contributed by atoms with Crippen molar-refractivity contribution in [3.63, 3.8) is 0 Å². The van der Waals surface area contributed by atoms with E-state index in [9.17, 15) is 20.4 Å². The van der Waals surface area contributed by atoms with Gasteiger partial charge in [0.25, 0.3) is 0 Å². The summed E-state index contributed by atoms with van der Waals surface area (Å²) in [5.41, 5.74) is 0.488. The summed E-state index contributed by atoms with van der Waals surface area (Å²) in [7, 11) is 0. The maximum absolute atomic E-state index is 14.7. The maximum Gasteiger partial charge on any atom is 0.233 e. The molecule has 0 aromatic carbocycles. The molecule has 0 saturated heterocycles. The number of hydrogen-bond acceptors (Lipinski definition) is 8. The van der Waals surface area contributed by atoms with Crippen LogP contribution in [-0.2, 0) is 10.2 Å². The predicted octanol–water partition coefficient (Wildman–Crippen LogP) is 6.66. The Morgan fingerprint density at radius 2 is 1.71 bits per heavy atom. The monoisotopic (exact) mass is 562 g/mol. The summed E-state index contributed by atoms with van der Waals surface area (Å²) in [6.07, 6.45) is 8.14. The molecule has 6 rings (SSSR count). The quantitative estimate of drug-likeness (QED) is 0.341. The second-order valence-electron chi connectivity index (χ2n) is 16.1. The molecule has 41 heavy (non-hydrogen) atoms. The molecule has 8 heteroatoms. The number of aryl methyl sites for hydroxylation is 1. The van der Waals surface area contributed by atoms with Crippen molar-refractivity contribution < 1.29 is 19.6 Å². The van der Waals surface area contributed by atoms with E-state index in [0.29, 0.717) is 23.7 Å². The van der Waals surface area contributed by atoms with Gasteiger partial charge in [0.2, 0.25) is 5.89 Å². The highest BCUT2D eigenvalue weighted by Crippen LogP contribution is 2.76. The zero-order chi connectivity index (χ0) is 30.0. The number of aliphatic hydroxyl groups is 1. The molecule has 1 aromatic rings. The fraction of sp³-hybridized carbons (Fsp3) is 0.758. The first kappa shape index (κ1) is 28.6. The van der Waals surface area contributed by atoms with Crippen molar-refractivity contribution in [2.24, 2.45) is 38.9 Å². The molecule has 0 unspecified atom stereocenters. The number of aliphatic hydroxyl groups excluding tert-OH is 1. The standard InChI is InChI=1S/C33H46N4O4/c1-19-35-26(41-36-19)32-12-9-27(2,3)17-21(32)24-22(38)15-23-29(6,30(24,7)10-13-32)11-14-33(37-40)28(4,5)25(39)20(18-34)16-31(23,33)8/h15,21,24,37,39-40H,9-14,16-17H2,1-8H3/t21-,24-,29+,30+,31+,32-,33+/m0/s1. The largest absolute Gasteiger partial charge is 0.511 e. The summed E-state index contributed by atoms with van der Waals surface area (Å²) >= 11 is 0. The van der Waals surface area contributed by atoms with Gasteiger partial charge in [-0.1, -0.05) is 59.2 Å². The fourth-order valence-corrected chi connectivity index (χ4v) is 11.0. The van der Waals surface area contributed by atoms with Crippen LogP contribution in [0.1, 0.15) is 112 Å². The molecule has 0 spiro atoms. The lowest BCUT2D eigenvalue weighted by Gasteiger charge is -2.71. The van der Waals surface area contributed by atoms with Crippen LogP contribution in [0.3, 0.4) is 0 Å². The van der Waals surface area contributed by atoms with Gasteiger partial charge in [-0.25, -0.2) is 0 Å². The smallest absolute Gasteiger partial charge is 0.233 e. The number of ketones is 1. The van der Waals surface area contributed by atoms with Crippen LogP contribution in [0, 0.1) is 57.2 Å². The highest BCUT2D eigenvalue weighted by atomic mass is 16.5. The van der Waals surface area contributed by atoms with Gasteiger partial charge >= 0.3 is 0 Å². The van der Waals surface area contributed by atoms with Gasteiger partial charge in [-0.3, -0.25) is 4.79 Å². The molecule has 3 fully saturated rings. The second-order valence-corrected chi connectivity index (χ2v) is 16.1. The van der Waals surface area contributed by atoms with Crippen molar-refractivity contribution in [1.82, 2.24) is 15.6 Å². The normalized spacial score (nSPS) is 44.6. The van der Waals surface area contributed by atoms with Crippen molar-refractivity contribution >= 4 is 5.78 Å². The Labute approximate surface area is 243 Å². The molecule has 0 aliphatic heterocycles. The van der Waals surface area contributed by atoms with Gasteiger partial charge in [-0.15, -0.1) is 0 Å². The van der Waals surface area contributed by atoms with E-state index in [1.54, 1.807) is 0 Å². The van der Waals surface area contributed by atoms with Crippen LogP contribution in [0.4, 0.5) is 0 Å². The van der Waals surface area contributed by atoms with E-state index in [-0.39, 0.29) is 51.5 Å². The van der Waals surface area contributed by atoms with E-state index in [4.69, 9.17) is 9.51 Å². The van der Waals surface area contributed by atoms with E-state index in [0.717, 1.165) is 44.1 Å². The number of nitriles is 1. The number of allylic oxidation sites excluding steroid dienone is 2. The average molecular weight is 563 g/mol. The number of hydroxylamine groups is 1. The number of hydrogen-bond donors (Lipinski definition) is 3. The first-order valence-corrected chi connectivity index (χ1v) is 15.3. The molecule has 1 aromatic heterocycles. The van der Waals surface area contributed by atoms with Gasteiger partial charge in [0, 0.05) is 16.7 Å². The number of carbonyl (C=O) groups excluding carboxylic acids is 1. The van der Waals surface area contributed by atoms with Crippen LogP contribution >= 0.6 is 0 Å². The molecule has 3 saturated carbocycles. The maximum atomic E-state index is 14.7. The summed E-state index contributed by atoms with van der Waals surface area (Å²) in [6, 6.07) is 2.25. The lowest BCUT2D eigenvalue weighted by Crippen LogP contribution is -2.74. The number of nitrogens with zero attached hydrogens (tertiary/aromatic N) is 3. The zero-order valence-electron chi connectivity index (χ0n) is 25.9. The Kier molecular flexibility index (Phi) is 5.80. The highest BCUT2D eigenvalue weighted by molar-refractivity contribution is 5.95. The molecule has 7 atom stereocenters. The van der Waals surface area contributed by atoms with Crippen molar-refractivity contribution in [1.29, 1.82) is 5.26 Å². The zero-order valence-corrected chi connectivity index (χ0v) is 25.9. The molecule has 8 nitrogen and oxygen atoms in total. The first-order valence-electron chi connectivity index (χ1n) is 15.3. The topological polar surface area (TPSA) is 132 Å². The molecule has 5 aliphatic rings. The van der Waals surface area contributed by atoms with Gasteiger partial charge in [0.1, 0.15) is 5.76 Å². The second kappa shape index (κ2) is 8.32. The SMILES string of the molecule is Cc1noc([C@]23CCC(C)(C)C[C@H]2[C@H]2C(=O)C=C4[C@@](C)(CC[C@@]5(NO)C(C)(C)C(O)=C(C#N)C[C@]45C)[C@]2(C)CC3)n1. The molecule has 0 radical (unpaired) electrons. The molecule has 222 valence electrons. The molecule has 3 N–H and O–H groups in total. The van der Waals surface area contributed by atoms with Crippen LogP contribution < -0.4 is 5.48 Å². The van der Waals surface area contributed by atoms with Crippen molar-refractivity contribution in [3.8, 4) is 6.07 Å². The lowest BCUT2D eigenvalue weighted by molar-refractivity contribution is -0.177. The molecule has 1 heterocycles. The summed E-state index contributed by atoms with van der Waals surface area (Å²) < 4.78 is 5.90. The third kappa shape index (κ3) is 3.20. The minimum absolute atomic E-state index is 0.0243. The number of fused-ring (bicyclic) bond motifs is 7. The van der Waals surface area contributed by atoms with Gasteiger partial charge < -0.3 is 14.8 Å². The Hall–Kier alpha value is -2.50. The number of carbonyl (C=O) groups is 1. The first-order chi connectivity index (χ1) is 19.0. The van der Waals surface area contributed by atoms with Crippen LogP contribution in [0.15, 0.2) is 27.5 Å². The minimum Gasteiger partial charge on any atom is -0.511 e. The summed E-state index contributed by atoms with van der Waals surface area (Å²) in [4.78, 5) is 19.5. The number of aromatic nitrogens is 2. The van der Waals surface area contributed by atoms with E-state index in [2.05, 4.69) is 51.3 Å². The number of nitrogens with one attached hydrogen (secondary N) is 1. The van der Waals surface area contributed by atoms with Gasteiger partial charge in [0.15, 0.2) is 11.6 Å². The Morgan fingerprint density at radius 1 is 1.02 bits per heavy atom. The van der Waals surface area contributed by atoms with Crippen LogP contribution in [0.25, 0.3) is 0 Å². The lowest BCUT2D eigenvalue weighted by atomic mass is 9.32. The highest BCUT2D eigenvalue weighted by Gasteiger charge is 2.74. The predicted molar refractivity (Wildman–Crippen MR) is 153 cm³/mol. The fourth-order valence-electron chi connectivity index (χ4n) is 11.0. The van der Waals surface area contributed by atoms with Gasteiger partial charge in [-0.2, -0.15) is 15.7 Å². The van der Waals surface area contributed by atoms with Crippen molar-refractivity contribution in [2.45, 2.75) is 118 Å². The number of rotatable bonds is 2. The Morgan fingerprint density at radius 3 is 2.32 bits per heavy atom. The molecule has 0 bridgehead atoms. The van der Waals surface area contributed by atoms with Crippen LogP contribution in [-0.4, -0.2) is 31.8 Å². The van der Waals surface area contributed by atoms with E-state index < -0.39 is 16.4 Å². The Balaban J connectivity index is 1.55. The van der Waals surface area contributed by atoms with Crippen LogP contribution in [0.5, 0.6) is 0 Å². The van der Waals surface area contributed by atoms with E-state index in [1.165, 1.54) is 0 Å². The molecular formula is C33H46N4O4. The summed E-state index contributed by atoms with van der Waals surface area (Å²) in [6.45, 7) is 17.0. The van der Waals surface area contributed by atoms with Crippen molar-refractivity contribution in [3.05, 3.63) is 34.7 Å². The van der Waals surface area contributed by atoms with Gasteiger partial charge in [0.05, 0.1) is 22.6 Å². The molecule has 0 amide bonds. The van der Waals surface area contributed by atoms with Crippen molar-refractivity contribution in [2.75, 3.05) is 0 Å². The third-order valence-corrected chi connectivity index (χ3v) is 13.6. The van der Waals surface area contributed by atoms with E-state index >= 15 is 0 Å². The average Bonchev–Trinajstić information content (AvgIpc) is 3.34. The van der Waals surface area contributed by atoms with Gasteiger partial charge in [-0.05, 0) is 86.5 Å². The molecular weight excluding hydrogens is 516 g/mol. The molecule has 5 aliphatic carbocycles. The minimum atomic E-state index is -0.939. The Bertz CT molecular complexity index is 1430. The van der Waals surface area contributed by atoms with E-state index in [1.807, 2.05) is 26.8 Å².